The summed E-state index contributed by atoms with van der Waals surface area (Å²) < 4.78 is 0. The predicted molar refractivity (Wildman–Crippen MR) is 67.7 cm³/mol. The summed E-state index contributed by atoms with van der Waals surface area (Å²) in [4.78, 5) is 45.8. The molecule has 0 unspecified atom stereocenters. The summed E-state index contributed by atoms with van der Waals surface area (Å²) in [5.41, 5.74) is 0. The second-order valence-corrected chi connectivity index (χ2v) is 5.38. The van der Waals surface area contributed by atoms with Crippen molar-refractivity contribution in [1.29, 1.82) is 0 Å². The minimum Gasteiger partial charge on any atom is -0.480 e. The Balaban J connectivity index is 1.98. The van der Waals surface area contributed by atoms with Gasteiger partial charge in [0.05, 0.1) is 0 Å². The minimum atomic E-state index is -1.14. The first kappa shape index (κ1) is 14.5. The van der Waals surface area contributed by atoms with Gasteiger partial charge in [-0.2, -0.15) is 0 Å². The van der Waals surface area contributed by atoms with Crippen molar-refractivity contribution in [2.75, 3.05) is 0 Å². The molecule has 2 aliphatic rings. The lowest BCUT2D eigenvalue weighted by molar-refractivity contribution is -0.144. The molecular formula is C13H18N2O5. The van der Waals surface area contributed by atoms with Crippen LogP contribution in [0.1, 0.15) is 38.5 Å². The van der Waals surface area contributed by atoms with Crippen molar-refractivity contribution in [1.82, 2.24) is 10.6 Å². The highest BCUT2D eigenvalue weighted by molar-refractivity contribution is 5.93. The van der Waals surface area contributed by atoms with Gasteiger partial charge in [0.25, 0.3) is 0 Å². The number of carboxylic acid groups (broad SMARTS) is 1. The fourth-order valence-corrected chi connectivity index (χ4v) is 2.79. The topological polar surface area (TPSA) is 113 Å². The lowest BCUT2D eigenvalue weighted by atomic mass is 9.83. The fraction of sp³-hybridized carbons (Fsp3) is 0.692. The molecule has 7 nitrogen and oxygen atoms in total. The van der Waals surface area contributed by atoms with Gasteiger partial charge in [-0.05, 0) is 25.2 Å². The molecule has 0 radical (unpaired) electrons. The third-order valence-corrected chi connectivity index (χ3v) is 3.87. The summed E-state index contributed by atoms with van der Waals surface area (Å²) in [6.45, 7) is 0. The van der Waals surface area contributed by atoms with E-state index in [1.54, 1.807) is 0 Å². The molecule has 2 fully saturated rings. The SMILES string of the molecule is O=C1CCC[C@H]([C@H](NC(=O)[C@H]2CCC(=O)N2)C(=O)O)C1. The quantitative estimate of drug-likeness (QED) is 0.649. The molecule has 1 saturated heterocycles. The maximum absolute atomic E-state index is 12.0. The molecule has 7 heteroatoms. The van der Waals surface area contributed by atoms with Gasteiger partial charge in [0.2, 0.25) is 11.8 Å². The third kappa shape index (κ3) is 3.34. The Hall–Kier alpha value is -1.92. The van der Waals surface area contributed by atoms with Gasteiger partial charge in [-0.25, -0.2) is 4.79 Å². The van der Waals surface area contributed by atoms with E-state index in [-0.39, 0.29) is 30.4 Å². The van der Waals surface area contributed by atoms with Crippen LogP contribution in [-0.2, 0) is 19.2 Å². The second-order valence-electron chi connectivity index (χ2n) is 5.38. The summed E-state index contributed by atoms with van der Waals surface area (Å²) in [5.74, 6) is -2.15. The Kier molecular flexibility index (Phi) is 4.36. The number of carbonyl (C=O) groups excluding carboxylic acids is 3. The first-order chi connectivity index (χ1) is 9.47. The van der Waals surface area contributed by atoms with Crippen molar-refractivity contribution in [3.05, 3.63) is 0 Å². The lowest BCUT2D eigenvalue weighted by Crippen LogP contribution is -2.52. The van der Waals surface area contributed by atoms with Crippen LogP contribution in [0.4, 0.5) is 0 Å². The zero-order valence-corrected chi connectivity index (χ0v) is 11.1. The van der Waals surface area contributed by atoms with Crippen LogP contribution in [0.25, 0.3) is 0 Å². The molecule has 1 heterocycles. The molecule has 0 aromatic carbocycles. The van der Waals surface area contributed by atoms with E-state index in [0.717, 1.165) is 0 Å². The first-order valence-corrected chi connectivity index (χ1v) is 6.81. The molecule has 2 rings (SSSR count). The number of carbonyl (C=O) groups is 4. The van der Waals surface area contributed by atoms with Crippen LogP contribution < -0.4 is 10.6 Å². The maximum Gasteiger partial charge on any atom is 0.326 e. The zero-order valence-electron chi connectivity index (χ0n) is 11.1. The van der Waals surface area contributed by atoms with Crippen LogP contribution in [0, 0.1) is 5.92 Å². The van der Waals surface area contributed by atoms with Crippen LogP contribution in [0.2, 0.25) is 0 Å². The van der Waals surface area contributed by atoms with E-state index in [9.17, 15) is 24.3 Å². The highest BCUT2D eigenvalue weighted by Gasteiger charge is 2.36. The highest BCUT2D eigenvalue weighted by atomic mass is 16.4. The number of hydrogen-bond donors (Lipinski definition) is 3. The summed E-state index contributed by atoms with van der Waals surface area (Å²) in [7, 11) is 0. The molecule has 1 saturated carbocycles. The van der Waals surface area contributed by atoms with Crippen LogP contribution in [0.15, 0.2) is 0 Å². The second kappa shape index (κ2) is 6.02. The average Bonchev–Trinajstić information content (AvgIpc) is 2.82. The predicted octanol–water partition coefficient (Wildman–Crippen LogP) is -0.406. The molecule has 1 aliphatic heterocycles. The van der Waals surface area contributed by atoms with Crippen molar-refractivity contribution in [3.8, 4) is 0 Å². The van der Waals surface area contributed by atoms with Crippen LogP contribution in [0.5, 0.6) is 0 Å². The Morgan fingerprint density at radius 2 is 2.00 bits per heavy atom. The van der Waals surface area contributed by atoms with E-state index in [1.807, 2.05) is 0 Å². The fourth-order valence-electron chi connectivity index (χ4n) is 2.79. The number of nitrogens with one attached hydrogen (secondary N) is 2. The molecule has 3 atom stereocenters. The third-order valence-electron chi connectivity index (χ3n) is 3.87. The smallest absolute Gasteiger partial charge is 0.326 e. The average molecular weight is 282 g/mol. The van der Waals surface area contributed by atoms with Gasteiger partial charge >= 0.3 is 5.97 Å². The number of rotatable bonds is 4. The van der Waals surface area contributed by atoms with E-state index in [2.05, 4.69) is 10.6 Å². The van der Waals surface area contributed by atoms with Gasteiger partial charge in [0, 0.05) is 19.3 Å². The van der Waals surface area contributed by atoms with Gasteiger partial charge in [0.15, 0.2) is 0 Å². The van der Waals surface area contributed by atoms with Gasteiger partial charge in [-0.3, -0.25) is 14.4 Å². The van der Waals surface area contributed by atoms with Gasteiger partial charge in [0.1, 0.15) is 17.9 Å². The molecule has 0 aromatic rings. The highest BCUT2D eigenvalue weighted by Crippen LogP contribution is 2.25. The molecule has 110 valence electrons. The van der Waals surface area contributed by atoms with Crippen molar-refractivity contribution >= 4 is 23.6 Å². The molecule has 0 bridgehead atoms. The summed E-state index contributed by atoms with van der Waals surface area (Å²) in [5, 5.41) is 14.2. The van der Waals surface area contributed by atoms with Crippen LogP contribution >= 0.6 is 0 Å². The molecule has 3 N–H and O–H groups in total. The zero-order chi connectivity index (χ0) is 14.7. The standard InChI is InChI=1S/C13H18N2O5/c16-8-3-1-2-7(6-8)11(13(19)20)15-12(18)9-4-5-10(17)14-9/h7,9,11H,1-6H2,(H,14,17)(H,15,18)(H,19,20)/t7-,9+,11-/m0/s1. The molecule has 0 aromatic heterocycles. The molecule has 0 spiro atoms. The van der Waals surface area contributed by atoms with E-state index in [0.29, 0.717) is 25.7 Å². The lowest BCUT2D eigenvalue weighted by Gasteiger charge is -2.28. The molecular weight excluding hydrogens is 264 g/mol. The Morgan fingerprint density at radius 3 is 2.55 bits per heavy atom. The van der Waals surface area contributed by atoms with Gasteiger partial charge < -0.3 is 15.7 Å². The van der Waals surface area contributed by atoms with E-state index in [4.69, 9.17) is 0 Å². The summed E-state index contributed by atoms with van der Waals surface area (Å²) >= 11 is 0. The van der Waals surface area contributed by atoms with Gasteiger partial charge in [-0.1, -0.05) is 0 Å². The Morgan fingerprint density at radius 1 is 1.25 bits per heavy atom. The van der Waals surface area contributed by atoms with Crippen molar-refractivity contribution < 1.29 is 24.3 Å². The molecule has 2 amide bonds. The van der Waals surface area contributed by atoms with Crippen LogP contribution in [0.3, 0.4) is 0 Å². The number of aliphatic carboxylic acids is 1. The number of carboxylic acids is 1. The Labute approximate surface area is 116 Å². The normalized spacial score (nSPS) is 27.8. The van der Waals surface area contributed by atoms with Crippen LogP contribution in [-0.4, -0.2) is 40.8 Å². The van der Waals surface area contributed by atoms with E-state index in [1.165, 1.54) is 0 Å². The Bertz CT molecular complexity index is 448. The molecule has 20 heavy (non-hydrogen) atoms. The largest absolute Gasteiger partial charge is 0.480 e. The number of amides is 2. The minimum absolute atomic E-state index is 0.0379. The van der Waals surface area contributed by atoms with E-state index < -0.39 is 24.0 Å². The number of Topliss-reactive ketones (excluding diaryl/α,β-unsaturated/α-hetero) is 1. The maximum atomic E-state index is 12.0. The first-order valence-electron chi connectivity index (χ1n) is 6.81. The number of hydrogen-bond acceptors (Lipinski definition) is 4. The molecule has 1 aliphatic carbocycles. The monoisotopic (exact) mass is 282 g/mol. The summed E-state index contributed by atoms with van der Waals surface area (Å²) in [6.07, 6.45) is 2.59. The van der Waals surface area contributed by atoms with Crippen molar-refractivity contribution in [3.63, 3.8) is 0 Å². The van der Waals surface area contributed by atoms with Crippen molar-refractivity contribution in [2.24, 2.45) is 5.92 Å². The number of ketones is 1. The van der Waals surface area contributed by atoms with E-state index >= 15 is 0 Å². The van der Waals surface area contributed by atoms with Gasteiger partial charge in [-0.15, -0.1) is 0 Å². The van der Waals surface area contributed by atoms with Crippen molar-refractivity contribution in [2.45, 2.75) is 50.6 Å². The summed E-state index contributed by atoms with van der Waals surface area (Å²) in [6, 6.07) is -1.73.